The molecule has 1 atom stereocenters. The van der Waals surface area contributed by atoms with Gasteiger partial charge in [0.2, 0.25) is 0 Å². The summed E-state index contributed by atoms with van der Waals surface area (Å²) in [6.07, 6.45) is 5.30. The fourth-order valence-electron chi connectivity index (χ4n) is 2.40. The predicted molar refractivity (Wildman–Crippen MR) is 64.9 cm³/mol. The minimum atomic E-state index is -0.0105. The van der Waals surface area contributed by atoms with E-state index in [9.17, 15) is 0 Å². The monoisotopic (exact) mass is 251 g/mol. The van der Waals surface area contributed by atoms with Gasteiger partial charge in [0.15, 0.2) is 5.15 Å². The van der Waals surface area contributed by atoms with E-state index in [2.05, 4.69) is 9.55 Å². The van der Waals surface area contributed by atoms with Crippen LogP contribution in [0.4, 0.5) is 0 Å². The Hall–Kier alpha value is -1.26. The first-order valence-corrected chi connectivity index (χ1v) is 6.17. The number of halogens is 1. The molecule has 2 N–H and O–H groups in total. The van der Waals surface area contributed by atoms with Crippen molar-refractivity contribution in [3.63, 3.8) is 0 Å². The zero-order valence-corrected chi connectivity index (χ0v) is 10.2. The lowest BCUT2D eigenvalue weighted by Crippen LogP contribution is -2.26. The average molecular weight is 252 g/mol. The van der Waals surface area contributed by atoms with Crippen molar-refractivity contribution < 1.29 is 4.42 Å². The summed E-state index contributed by atoms with van der Waals surface area (Å²) in [7, 11) is 0. The van der Waals surface area contributed by atoms with Crippen LogP contribution in [0, 0.1) is 0 Å². The van der Waals surface area contributed by atoms with Crippen molar-refractivity contribution in [3.8, 4) is 0 Å². The molecule has 0 saturated heterocycles. The topological polar surface area (TPSA) is 57.0 Å². The zero-order valence-electron chi connectivity index (χ0n) is 9.40. The van der Waals surface area contributed by atoms with Crippen molar-refractivity contribution in [2.24, 2.45) is 5.73 Å². The minimum absolute atomic E-state index is 0.0105. The van der Waals surface area contributed by atoms with E-state index in [0.717, 1.165) is 36.5 Å². The van der Waals surface area contributed by atoms with Crippen LogP contribution in [0.3, 0.4) is 0 Å². The zero-order chi connectivity index (χ0) is 11.8. The Morgan fingerprint density at radius 1 is 1.59 bits per heavy atom. The van der Waals surface area contributed by atoms with Crippen LogP contribution in [-0.2, 0) is 12.8 Å². The number of hydrogen-bond donors (Lipinski definition) is 1. The molecule has 3 heterocycles. The number of imidazole rings is 1. The van der Waals surface area contributed by atoms with Gasteiger partial charge in [-0.05, 0) is 31.4 Å². The molecule has 4 nitrogen and oxygen atoms in total. The highest BCUT2D eigenvalue weighted by Crippen LogP contribution is 2.29. The number of nitrogens with two attached hydrogens (primary N) is 1. The lowest BCUT2D eigenvalue weighted by Gasteiger charge is -2.23. The molecule has 0 amide bonds. The maximum absolute atomic E-state index is 6.15. The van der Waals surface area contributed by atoms with Crippen LogP contribution in [-0.4, -0.2) is 9.55 Å². The molecule has 17 heavy (non-hydrogen) atoms. The lowest BCUT2D eigenvalue weighted by atomic mass is 10.1. The second-order valence-corrected chi connectivity index (χ2v) is 4.71. The number of hydrogen-bond acceptors (Lipinski definition) is 3. The van der Waals surface area contributed by atoms with Gasteiger partial charge in [-0.3, -0.25) is 0 Å². The third-order valence-electron chi connectivity index (χ3n) is 3.19. The van der Waals surface area contributed by atoms with E-state index < -0.39 is 0 Å². The van der Waals surface area contributed by atoms with Crippen LogP contribution in [0.2, 0.25) is 5.15 Å². The Bertz CT molecular complexity index is 518. The summed E-state index contributed by atoms with van der Waals surface area (Å²) < 4.78 is 7.40. The van der Waals surface area contributed by atoms with Gasteiger partial charge < -0.3 is 14.7 Å². The normalized spacial score (nSPS) is 19.3. The molecule has 1 aliphatic heterocycles. The van der Waals surface area contributed by atoms with E-state index in [0.29, 0.717) is 11.6 Å². The van der Waals surface area contributed by atoms with Gasteiger partial charge in [-0.25, -0.2) is 4.98 Å². The molecule has 2 aromatic rings. The van der Waals surface area contributed by atoms with Crippen molar-refractivity contribution >= 4 is 11.6 Å². The molecular weight excluding hydrogens is 238 g/mol. The first-order valence-electron chi connectivity index (χ1n) is 5.79. The molecule has 0 aromatic carbocycles. The maximum Gasteiger partial charge on any atom is 0.150 e. The van der Waals surface area contributed by atoms with Crippen LogP contribution in [0.25, 0.3) is 0 Å². The maximum atomic E-state index is 6.15. The fraction of sp³-hybridized carbons (Fsp3) is 0.417. The summed E-state index contributed by atoms with van der Waals surface area (Å²) in [5.41, 5.74) is 7.19. The van der Waals surface area contributed by atoms with Gasteiger partial charge in [-0.2, -0.15) is 0 Å². The number of aromatic nitrogens is 2. The van der Waals surface area contributed by atoms with Crippen molar-refractivity contribution in [2.45, 2.75) is 31.8 Å². The van der Waals surface area contributed by atoms with Crippen LogP contribution in [0.1, 0.15) is 36.3 Å². The molecule has 0 fully saturated rings. The van der Waals surface area contributed by atoms with Gasteiger partial charge in [-0.15, -0.1) is 0 Å². The molecule has 90 valence electrons. The summed E-state index contributed by atoms with van der Waals surface area (Å²) in [4.78, 5) is 4.41. The van der Waals surface area contributed by atoms with E-state index in [4.69, 9.17) is 21.8 Å². The number of furan rings is 1. The highest BCUT2D eigenvalue weighted by atomic mass is 35.5. The second kappa shape index (κ2) is 4.20. The van der Waals surface area contributed by atoms with E-state index in [1.807, 2.05) is 12.1 Å². The SMILES string of the molecule is NC1CCCc2c(Cl)nc(Cc3ccco3)n21. The molecule has 2 aromatic heterocycles. The summed E-state index contributed by atoms with van der Waals surface area (Å²) in [5, 5.41) is 0.585. The summed E-state index contributed by atoms with van der Waals surface area (Å²) in [6.45, 7) is 0. The summed E-state index contributed by atoms with van der Waals surface area (Å²) in [5.74, 6) is 1.78. The molecule has 0 saturated carbocycles. The fourth-order valence-corrected chi connectivity index (χ4v) is 2.69. The van der Waals surface area contributed by atoms with Crippen molar-refractivity contribution in [2.75, 3.05) is 0 Å². The lowest BCUT2D eigenvalue weighted by molar-refractivity contribution is 0.399. The molecule has 0 aliphatic carbocycles. The van der Waals surface area contributed by atoms with Crippen LogP contribution < -0.4 is 5.73 Å². The molecule has 5 heteroatoms. The molecule has 1 aliphatic rings. The van der Waals surface area contributed by atoms with Gasteiger partial charge in [0.05, 0.1) is 24.5 Å². The number of nitrogens with zero attached hydrogens (tertiary/aromatic N) is 2. The summed E-state index contributed by atoms with van der Waals surface area (Å²) >= 11 is 6.15. The highest BCUT2D eigenvalue weighted by molar-refractivity contribution is 6.30. The molecule has 0 radical (unpaired) electrons. The Labute approximate surface area is 104 Å². The van der Waals surface area contributed by atoms with Crippen LogP contribution in [0.5, 0.6) is 0 Å². The van der Waals surface area contributed by atoms with E-state index in [1.165, 1.54) is 0 Å². The Morgan fingerprint density at radius 2 is 2.47 bits per heavy atom. The van der Waals surface area contributed by atoms with Crippen molar-refractivity contribution in [1.82, 2.24) is 9.55 Å². The van der Waals surface area contributed by atoms with Gasteiger partial charge in [0.1, 0.15) is 11.6 Å². The Morgan fingerprint density at radius 3 is 3.24 bits per heavy atom. The van der Waals surface area contributed by atoms with Crippen molar-refractivity contribution in [3.05, 3.63) is 40.8 Å². The van der Waals surface area contributed by atoms with Crippen LogP contribution in [0.15, 0.2) is 22.8 Å². The highest BCUT2D eigenvalue weighted by Gasteiger charge is 2.24. The largest absolute Gasteiger partial charge is 0.469 e. The Kier molecular flexibility index (Phi) is 2.68. The van der Waals surface area contributed by atoms with Gasteiger partial charge in [0.25, 0.3) is 0 Å². The molecular formula is C12H14ClN3O. The third-order valence-corrected chi connectivity index (χ3v) is 3.49. The number of rotatable bonds is 2. The standard InChI is InChI=1S/C12H14ClN3O/c13-12-9-4-1-5-10(14)16(9)11(15-12)7-8-3-2-6-17-8/h2-3,6,10H,1,4-5,7,14H2. The smallest absolute Gasteiger partial charge is 0.150 e. The quantitative estimate of drug-likeness (QED) is 0.892. The van der Waals surface area contributed by atoms with Crippen LogP contribution >= 0.6 is 11.6 Å². The Balaban J connectivity index is 2.00. The first kappa shape index (κ1) is 10.9. The summed E-state index contributed by atoms with van der Waals surface area (Å²) in [6, 6.07) is 3.81. The van der Waals surface area contributed by atoms with E-state index in [-0.39, 0.29) is 6.17 Å². The van der Waals surface area contributed by atoms with Gasteiger partial charge >= 0.3 is 0 Å². The second-order valence-electron chi connectivity index (χ2n) is 4.35. The van der Waals surface area contributed by atoms with Crippen molar-refractivity contribution in [1.29, 1.82) is 0 Å². The first-order chi connectivity index (χ1) is 8.25. The minimum Gasteiger partial charge on any atom is -0.469 e. The van der Waals surface area contributed by atoms with E-state index >= 15 is 0 Å². The third kappa shape index (κ3) is 1.87. The van der Waals surface area contributed by atoms with Gasteiger partial charge in [-0.1, -0.05) is 11.6 Å². The van der Waals surface area contributed by atoms with Gasteiger partial charge in [0, 0.05) is 0 Å². The van der Waals surface area contributed by atoms with E-state index in [1.54, 1.807) is 6.26 Å². The average Bonchev–Trinajstić information content (AvgIpc) is 2.90. The molecule has 1 unspecified atom stereocenters. The molecule has 0 bridgehead atoms. The molecule has 3 rings (SSSR count). The number of fused-ring (bicyclic) bond motifs is 1. The predicted octanol–water partition coefficient (Wildman–Crippen LogP) is 2.51. The molecule has 0 spiro atoms.